The lowest BCUT2D eigenvalue weighted by Crippen LogP contribution is -2.37. The summed E-state index contributed by atoms with van der Waals surface area (Å²) >= 11 is 0. The van der Waals surface area contributed by atoms with Gasteiger partial charge in [0.05, 0.1) is 17.9 Å². The number of hydrogen-bond donors (Lipinski definition) is 2. The van der Waals surface area contributed by atoms with Crippen LogP contribution in [0.15, 0.2) is 12.1 Å². The third-order valence-corrected chi connectivity index (χ3v) is 5.76. The second-order valence-electron chi connectivity index (χ2n) is 6.95. The average Bonchev–Trinajstić information content (AvgIpc) is 3.18. The maximum atomic E-state index is 14.7. The first-order valence-corrected chi connectivity index (χ1v) is 8.23. The minimum atomic E-state index is -0.837. The first-order valence-electron chi connectivity index (χ1n) is 8.23. The van der Waals surface area contributed by atoms with Gasteiger partial charge >= 0.3 is 0 Å². The number of amidine groups is 1. The van der Waals surface area contributed by atoms with Gasteiger partial charge in [0.15, 0.2) is 0 Å². The van der Waals surface area contributed by atoms with Crippen LogP contribution in [0.4, 0.5) is 8.78 Å². The number of hydrogen-bond acceptors (Lipinski definition) is 4. The normalized spacial score (nSPS) is 31.6. The van der Waals surface area contributed by atoms with Gasteiger partial charge in [-0.3, -0.25) is 24.8 Å². The van der Waals surface area contributed by atoms with Gasteiger partial charge in [-0.2, -0.15) is 0 Å². The Hall–Kier alpha value is -2.35. The summed E-state index contributed by atoms with van der Waals surface area (Å²) in [7, 11) is 1.42. The molecule has 0 unspecified atom stereocenters. The van der Waals surface area contributed by atoms with E-state index in [4.69, 9.17) is 11.1 Å². The van der Waals surface area contributed by atoms with E-state index >= 15 is 0 Å². The Labute approximate surface area is 143 Å². The molecule has 4 atom stereocenters. The number of carbonyl (C=O) groups excluding carboxylic acids is 2. The van der Waals surface area contributed by atoms with Crippen LogP contribution in [0.3, 0.4) is 0 Å². The van der Waals surface area contributed by atoms with E-state index in [1.54, 1.807) is 0 Å². The number of benzene rings is 1. The van der Waals surface area contributed by atoms with Crippen LogP contribution in [0.2, 0.25) is 0 Å². The van der Waals surface area contributed by atoms with Crippen LogP contribution in [-0.2, 0) is 9.59 Å². The number of likely N-dealkylation sites (tertiary alicyclic amines) is 1. The van der Waals surface area contributed by atoms with Crippen molar-refractivity contribution in [2.24, 2.45) is 17.6 Å². The number of carbonyl (C=O) groups is 2. The van der Waals surface area contributed by atoms with E-state index in [2.05, 4.69) is 0 Å². The van der Waals surface area contributed by atoms with Crippen molar-refractivity contribution >= 4 is 17.6 Å². The van der Waals surface area contributed by atoms with Gasteiger partial charge < -0.3 is 5.73 Å². The number of fused-ring (bicyclic) bond motifs is 3. The number of nitrogen functional groups attached to an aromatic ring is 1. The molecule has 2 amide bonds. The number of nitrogens with one attached hydrogen (secondary N) is 1. The van der Waals surface area contributed by atoms with Crippen LogP contribution in [-0.4, -0.2) is 47.1 Å². The maximum absolute atomic E-state index is 14.7. The van der Waals surface area contributed by atoms with Gasteiger partial charge in [-0.25, -0.2) is 8.78 Å². The van der Waals surface area contributed by atoms with Crippen molar-refractivity contribution in [3.8, 4) is 0 Å². The summed E-state index contributed by atoms with van der Waals surface area (Å²) in [6.07, 6.45) is 1.56. The first-order chi connectivity index (χ1) is 11.8. The summed E-state index contributed by atoms with van der Waals surface area (Å²) in [6, 6.07) is 1.07. The molecule has 0 spiro atoms. The fourth-order valence-corrected chi connectivity index (χ4v) is 4.72. The summed E-state index contributed by atoms with van der Waals surface area (Å²) in [5.74, 6) is -4.07. The smallest absolute Gasteiger partial charge is 0.234 e. The molecule has 0 saturated carbocycles. The van der Waals surface area contributed by atoms with Gasteiger partial charge in [-0.05, 0) is 31.5 Å². The molecular weight excluding hydrogens is 330 g/mol. The SMILES string of the molecule is CN1C(=O)[C@@H]2[C@H](C1=O)[C@H](c1c(F)cc(C(=N)N)cc1F)N1CCC[C@@H]21. The highest BCUT2D eigenvalue weighted by Gasteiger charge is 2.63. The summed E-state index contributed by atoms with van der Waals surface area (Å²) < 4.78 is 29.5. The summed E-state index contributed by atoms with van der Waals surface area (Å²) in [5, 5.41) is 7.36. The molecule has 0 radical (unpaired) electrons. The van der Waals surface area contributed by atoms with Gasteiger partial charge in [0.1, 0.15) is 17.5 Å². The number of imide groups is 1. The van der Waals surface area contributed by atoms with Gasteiger partial charge in [-0.1, -0.05) is 0 Å². The van der Waals surface area contributed by atoms with Gasteiger partial charge in [0, 0.05) is 24.2 Å². The molecule has 3 heterocycles. The van der Waals surface area contributed by atoms with E-state index in [-0.39, 0.29) is 29.0 Å². The Balaban J connectivity index is 1.86. The monoisotopic (exact) mass is 348 g/mol. The average molecular weight is 348 g/mol. The molecule has 6 nitrogen and oxygen atoms in total. The molecule has 0 bridgehead atoms. The number of nitrogens with two attached hydrogens (primary N) is 1. The third-order valence-electron chi connectivity index (χ3n) is 5.76. The minimum absolute atomic E-state index is 0.0442. The lowest BCUT2D eigenvalue weighted by atomic mass is 9.84. The molecule has 132 valence electrons. The fourth-order valence-electron chi connectivity index (χ4n) is 4.72. The largest absolute Gasteiger partial charge is 0.384 e. The van der Waals surface area contributed by atoms with E-state index in [0.29, 0.717) is 6.54 Å². The molecule has 3 fully saturated rings. The van der Waals surface area contributed by atoms with Gasteiger partial charge in [-0.15, -0.1) is 0 Å². The van der Waals surface area contributed by atoms with Crippen molar-refractivity contribution < 1.29 is 18.4 Å². The number of halogens is 2. The molecule has 3 saturated heterocycles. The van der Waals surface area contributed by atoms with Crippen LogP contribution in [0, 0.1) is 28.9 Å². The second kappa shape index (κ2) is 5.32. The molecule has 25 heavy (non-hydrogen) atoms. The number of nitrogens with zero attached hydrogens (tertiary/aromatic N) is 2. The predicted molar refractivity (Wildman–Crippen MR) is 84.6 cm³/mol. The zero-order valence-electron chi connectivity index (χ0n) is 13.6. The van der Waals surface area contributed by atoms with E-state index in [1.807, 2.05) is 4.90 Å². The van der Waals surface area contributed by atoms with Crippen molar-refractivity contribution in [3.05, 3.63) is 34.9 Å². The summed E-state index contributed by atoms with van der Waals surface area (Å²) in [6.45, 7) is 0.597. The second-order valence-corrected chi connectivity index (χ2v) is 6.95. The molecule has 3 N–H and O–H groups in total. The lowest BCUT2D eigenvalue weighted by Gasteiger charge is -2.28. The summed E-state index contributed by atoms with van der Waals surface area (Å²) in [4.78, 5) is 28.0. The molecular formula is C17H18F2N4O2. The van der Waals surface area contributed by atoms with Crippen LogP contribution in [0.1, 0.15) is 30.0 Å². The standard InChI is InChI=1S/C17H18F2N4O2/c1-22-16(24)12-10-3-2-4-23(10)14(13(12)17(22)25)11-8(18)5-7(15(20)21)6-9(11)19/h5-6,10,12-14H,2-4H2,1H3,(H3,20,21)/t10-,12-,13-,14-/m0/s1. The lowest BCUT2D eigenvalue weighted by molar-refractivity contribution is -0.139. The van der Waals surface area contributed by atoms with E-state index < -0.39 is 35.3 Å². The zero-order valence-corrected chi connectivity index (χ0v) is 13.6. The zero-order chi connectivity index (χ0) is 18.0. The van der Waals surface area contributed by atoms with E-state index in [9.17, 15) is 18.4 Å². The fraction of sp³-hybridized carbons (Fsp3) is 0.471. The van der Waals surface area contributed by atoms with E-state index in [0.717, 1.165) is 29.9 Å². The Morgan fingerprint density at radius 3 is 2.40 bits per heavy atom. The number of amides is 2. The van der Waals surface area contributed by atoms with Crippen molar-refractivity contribution in [2.75, 3.05) is 13.6 Å². The van der Waals surface area contributed by atoms with Crippen molar-refractivity contribution in [1.82, 2.24) is 9.80 Å². The molecule has 4 rings (SSSR count). The predicted octanol–water partition coefficient (Wildman–Crippen LogP) is 0.999. The number of rotatable bonds is 2. The van der Waals surface area contributed by atoms with Gasteiger partial charge in [0.2, 0.25) is 11.8 Å². The highest BCUT2D eigenvalue weighted by atomic mass is 19.1. The summed E-state index contributed by atoms with van der Waals surface area (Å²) in [5.41, 5.74) is 5.07. The molecule has 1 aromatic carbocycles. The van der Waals surface area contributed by atoms with Crippen LogP contribution >= 0.6 is 0 Å². The molecule has 3 aliphatic heterocycles. The van der Waals surface area contributed by atoms with E-state index in [1.165, 1.54) is 7.05 Å². The Kier molecular flexibility index (Phi) is 3.44. The van der Waals surface area contributed by atoms with Crippen molar-refractivity contribution in [1.29, 1.82) is 5.41 Å². The topological polar surface area (TPSA) is 90.5 Å². The van der Waals surface area contributed by atoms with Crippen LogP contribution < -0.4 is 5.73 Å². The Morgan fingerprint density at radius 2 is 1.80 bits per heavy atom. The molecule has 1 aromatic rings. The van der Waals surface area contributed by atoms with Crippen LogP contribution in [0.5, 0.6) is 0 Å². The Bertz CT molecular complexity index is 789. The van der Waals surface area contributed by atoms with Crippen molar-refractivity contribution in [3.63, 3.8) is 0 Å². The van der Waals surface area contributed by atoms with Crippen LogP contribution in [0.25, 0.3) is 0 Å². The molecule has 3 aliphatic rings. The first kappa shape index (κ1) is 16.1. The highest BCUT2D eigenvalue weighted by molar-refractivity contribution is 6.06. The Morgan fingerprint density at radius 1 is 1.20 bits per heavy atom. The maximum Gasteiger partial charge on any atom is 0.234 e. The van der Waals surface area contributed by atoms with Gasteiger partial charge in [0.25, 0.3) is 0 Å². The molecule has 0 aromatic heterocycles. The third kappa shape index (κ3) is 2.06. The quantitative estimate of drug-likeness (QED) is 0.474. The van der Waals surface area contributed by atoms with Crippen molar-refractivity contribution in [2.45, 2.75) is 24.9 Å². The molecule has 0 aliphatic carbocycles. The minimum Gasteiger partial charge on any atom is -0.384 e. The molecule has 8 heteroatoms. The highest BCUT2D eigenvalue weighted by Crippen LogP contribution is 2.53.